The van der Waals surface area contributed by atoms with Crippen LogP contribution in [-0.2, 0) is 0 Å². The third-order valence-electron chi connectivity index (χ3n) is 5.00. The summed E-state index contributed by atoms with van der Waals surface area (Å²) in [7, 11) is 4.57. The van der Waals surface area contributed by atoms with Crippen molar-refractivity contribution in [3.63, 3.8) is 0 Å². The molecule has 3 N–H and O–H groups in total. The number of hydrogen-bond donors (Lipinski definition) is 3. The SMILES string of the molecule is COc1cc(Nc2ncc(C(C)=O)c(Nc3ccccc3C(=O)NC(C)(C)C)n2)cc(OC)c1OC. The second kappa shape index (κ2) is 10.9. The van der Waals surface area contributed by atoms with Crippen molar-refractivity contribution in [2.75, 3.05) is 32.0 Å². The molecule has 0 saturated carbocycles. The van der Waals surface area contributed by atoms with E-state index in [0.717, 1.165) is 0 Å². The number of ether oxygens (including phenoxy) is 3. The number of nitrogens with one attached hydrogen (secondary N) is 3. The predicted molar refractivity (Wildman–Crippen MR) is 138 cm³/mol. The number of amides is 1. The summed E-state index contributed by atoms with van der Waals surface area (Å²) in [5.74, 6) is 1.35. The van der Waals surface area contributed by atoms with E-state index in [2.05, 4.69) is 25.9 Å². The van der Waals surface area contributed by atoms with E-state index in [1.807, 2.05) is 20.8 Å². The molecule has 0 radical (unpaired) electrons. The van der Waals surface area contributed by atoms with Crippen LogP contribution < -0.4 is 30.2 Å². The van der Waals surface area contributed by atoms with Crippen LogP contribution in [0.1, 0.15) is 48.4 Å². The van der Waals surface area contributed by atoms with Gasteiger partial charge in [-0.2, -0.15) is 4.98 Å². The third-order valence-corrected chi connectivity index (χ3v) is 5.00. The number of para-hydroxylation sites is 1. The Morgan fingerprint density at radius 3 is 2.08 bits per heavy atom. The van der Waals surface area contributed by atoms with Crippen molar-refractivity contribution in [3.05, 3.63) is 53.7 Å². The molecule has 0 atom stereocenters. The zero-order valence-corrected chi connectivity index (χ0v) is 21.5. The standard InChI is InChI=1S/C26H31N5O5/c1-15(32)18-14-27-25(28-16-12-20(34-5)22(36-7)21(13-16)35-6)30-23(18)29-19-11-9-8-10-17(19)24(33)31-26(2,3)4/h8-14H,1-7H3,(H,31,33)(H2,27,28,29,30). The first kappa shape index (κ1) is 26.3. The summed E-state index contributed by atoms with van der Waals surface area (Å²) in [6, 6.07) is 10.4. The fraction of sp³-hybridized carbons (Fsp3) is 0.308. The van der Waals surface area contributed by atoms with Gasteiger partial charge in [0.25, 0.3) is 5.91 Å². The van der Waals surface area contributed by atoms with Gasteiger partial charge in [-0.1, -0.05) is 12.1 Å². The van der Waals surface area contributed by atoms with Crippen LogP contribution in [0.5, 0.6) is 17.2 Å². The lowest BCUT2D eigenvalue weighted by Crippen LogP contribution is -2.40. The van der Waals surface area contributed by atoms with E-state index in [-0.39, 0.29) is 29.0 Å². The average molecular weight is 494 g/mol. The number of methoxy groups -OCH3 is 3. The van der Waals surface area contributed by atoms with Crippen molar-refractivity contribution < 1.29 is 23.8 Å². The van der Waals surface area contributed by atoms with E-state index in [0.29, 0.717) is 34.2 Å². The molecule has 1 amide bonds. The Bertz CT molecular complexity index is 1240. The van der Waals surface area contributed by atoms with Gasteiger partial charge in [0.05, 0.1) is 38.1 Å². The molecule has 1 aromatic heterocycles. The minimum atomic E-state index is -0.415. The number of rotatable bonds is 9. The first-order valence-electron chi connectivity index (χ1n) is 11.2. The molecule has 0 bridgehead atoms. The maximum Gasteiger partial charge on any atom is 0.253 e. The maximum absolute atomic E-state index is 12.9. The molecular formula is C26H31N5O5. The van der Waals surface area contributed by atoms with Crippen LogP contribution >= 0.6 is 0 Å². The maximum atomic E-state index is 12.9. The molecule has 2 aromatic carbocycles. The Labute approximate surface area is 210 Å². The second-order valence-corrected chi connectivity index (χ2v) is 8.93. The van der Waals surface area contributed by atoms with Gasteiger partial charge in [-0.15, -0.1) is 0 Å². The lowest BCUT2D eigenvalue weighted by molar-refractivity contribution is 0.0919. The Morgan fingerprint density at radius 2 is 1.53 bits per heavy atom. The number of anilines is 4. The van der Waals surface area contributed by atoms with Gasteiger partial charge < -0.3 is 30.2 Å². The highest BCUT2D eigenvalue weighted by Crippen LogP contribution is 2.40. The van der Waals surface area contributed by atoms with Crippen molar-refractivity contribution in [2.24, 2.45) is 0 Å². The average Bonchev–Trinajstić information content (AvgIpc) is 2.82. The molecule has 190 valence electrons. The van der Waals surface area contributed by atoms with Crippen LogP contribution in [0, 0.1) is 0 Å². The van der Waals surface area contributed by atoms with Crippen LogP contribution in [0.15, 0.2) is 42.6 Å². The molecule has 36 heavy (non-hydrogen) atoms. The highest BCUT2D eigenvalue weighted by molar-refractivity contribution is 6.03. The molecule has 0 aliphatic heterocycles. The molecule has 10 nitrogen and oxygen atoms in total. The molecule has 0 aliphatic rings. The van der Waals surface area contributed by atoms with E-state index in [4.69, 9.17) is 14.2 Å². The molecule has 0 fully saturated rings. The van der Waals surface area contributed by atoms with Crippen LogP contribution in [-0.4, -0.2) is 48.5 Å². The van der Waals surface area contributed by atoms with Crippen LogP contribution in [0.3, 0.4) is 0 Å². The molecule has 0 saturated heterocycles. The highest BCUT2D eigenvalue weighted by atomic mass is 16.5. The number of nitrogens with zero attached hydrogens (tertiary/aromatic N) is 2. The van der Waals surface area contributed by atoms with Crippen molar-refractivity contribution in [2.45, 2.75) is 33.2 Å². The van der Waals surface area contributed by atoms with E-state index in [1.165, 1.54) is 34.4 Å². The van der Waals surface area contributed by atoms with Gasteiger partial charge in [0.15, 0.2) is 17.3 Å². The number of Topliss-reactive ketones (excluding diaryl/α,β-unsaturated/α-hetero) is 1. The minimum absolute atomic E-state index is 0.216. The Kier molecular flexibility index (Phi) is 7.98. The Balaban J connectivity index is 1.99. The van der Waals surface area contributed by atoms with Crippen molar-refractivity contribution >= 4 is 34.8 Å². The minimum Gasteiger partial charge on any atom is -0.493 e. The summed E-state index contributed by atoms with van der Waals surface area (Å²) >= 11 is 0. The largest absolute Gasteiger partial charge is 0.493 e. The lowest BCUT2D eigenvalue weighted by Gasteiger charge is -2.22. The highest BCUT2D eigenvalue weighted by Gasteiger charge is 2.20. The van der Waals surface area contributed by atoms with E-state index < -0.39 is 5.54 Å². The quantitative estimate of drug-likeness (QED) is 0.363. The monoisotopic (exact) mass is 493 g/mol. The normalized spacial score (nSPS) is 10.9. The van der Waals surface area contributed by atoms with Gasteiger partial charge in [-0.25, -0.2) is 4.98 Å². The Hall–Kier alpha value is -4.34. The summed E-state index contributed by atoms with van der Waals surface area (Å²) in [5.41, 5.74) is 1.35. The van der Waals surface area contributed by atoms with Crippen LogP contribution in [0.4, 0.5) is 23.1 Å². The number of hydrogen-bond acceptors (Lipinski definition) is 9. The van der Waals surface area contributed by atoms with E-state index >= 15 is 0 Å². The molecule has 1 heterocycles. The summed E-state index contributed by atoms with van der Waals surface area (Å²) in [6.07, 6.45) is 1.43. The number of carbonyl (C=O) groups is 2. The summed E-state index contributed by atoms with van der Waals surface area (Å²) < 4.78 is 16.2. The number of carbonyl (C=O) groups excluding carboxylic acids is 2. The van der Waals surface area contributed by atoms with Crippen LogP contribution in [0.25, 0.3) is 0 Å². The molecule has 0 spiro atoms. The third kappa shape index (κ3) is 6.21. The predicted octanol–water partition coefficient (Wildman–Crippen LogP) is 4.72. The topological polar surface area (TPSA) is 124 Å². The lowest BCUT2D eigenvalue weighted by atomic mass is 10.1. The first-order valence-corrected chi connectivity index (χ1v) is 11.2. The molecule has 0 aliphatic carbocycles. The number of ketones is 1. The number of benzene rings is 2. The zero-order chi connectivity index (χ0) is 26.5. The molecule has 3 aromatic rings. The van der Waals surface area contributed by atoms with E-state index in [1.54, 1.807) is 36.4 Å². The number of aromatic nitrogens is 2. The zero-order valence-electron chi connectivity index (χ0n) is 21.5. The van der Waals surface area contributed by atoms with Gasteiger partial charge in [-0.05, 0) is 39.8 Å². The summed E-state index contributed by atoms with van der Waals surface area (Å²) in [6.45, 7) is 7.13. The Morgan fingerprint density at radius 1 is 0.889 bits per heavy atom. The van der Waals surface area contributed by atoms with Gasteiger partial charge in [0, 0.05) is 29.6 Å². The smallest absolute Gasteiger partial charge is 0.253 e. The summed E-state index contributed by atoms with van der Waals surface area (Å²) in [5, 5.41) is 9.18. The van der Waals surface area contributed by atoms with Crippen molar-refractivity contribution in [1.29, 1.82) is 0 Å². The second-order valence-electron chi connectivity index (χ2n) is 8.93. The summed E-state index contributed by atoms with van der Waals surface area (Å²) in [4.78, 5) is 34.0. The van der Waals surface area contributed by atoms with Gasteiger partial charge in [0.1, 0.15) is 5.82 Å². The van der Waals surface area contributed by atoms with Crippen molar-refractivity contribution in [3.8, 4) is 17.2 Å². The van der Waals surface area contributed by atoms with Gasteiger partial charge in [-0.3, -0.25) is 9.59 Å². The van der Waals surface area contributed by atoms with Crippen LogP contribution in [0.2, 0.25) is 0 Å². The van der Waals surface area contributed by atoms with Gasteiger partial charge >= 0.3 is 0 Å². The fourth-order valence-electron chi connectivity index (χ4n) is 3.40. The van der Waals surface area contributed by atoms with Gasteiger partial charge in [0.2, 0.25) is 11.7 Å². The van der Waals surface area contributed by atoms with Crippen molar-refractivity contribution in [1.82, 2.24) is 15.3 Å². The molecular weight excluding hydrogens is 462 g/mol. The molecule has 0 unspecified atom stereocenters. The molecule has 3 rings (SSSR count). The van der Waals surface area contributed by atoms with E-state index in [9.17, 15) is 9.59 Å². The first-order chi connectivity index (χ1) is 17.1. The fourth-order valence-corrected chi connectivity index (χ4v) is 3.40. The molecule has 10 heteroatoms.